The number of piperazine rings is 1. The van der Waals surface area contributed by atoms with Crippen LogP contribution >= 0.6 is 0 Å². The SMILES string of the molecule is CNC(=O)CN1CCN(C(=O)CCc2ccccc2O)CC1. The number of hydrogen-bond donors (Lipinski definition) is 2. The summed E-state index contributed by atoms with van der Waals surface area (Å²) in [5.74, 6) is 0.341. The molecule has 1 fully saturated rings. The number of carbonyl (C=O) groups is 2. The molecule has 2 amide bonds. The first-order chi connectivity index (χ1) is 10.6. The van der Waals surface area contributed by atoms with Gasteiger partial charge in [-0.3, -0.25) is 14.5 Å². The summed E-state index contributed by atoms with van der Waals surface area (Å²) < 4.78 is 0. The van der Waals surface area contributed by atoms with E-state index in [1.807, 2.05) is 21.9 Å². The van der Waals surface area contributed by atoms with Crippen molar-refractivity contribution in [2.24, 2.45) is 0 Å². The van der Waals surface area contributed by atoms with E-state index in [1.54, 1.807) is 19.2 Å². The predicted molar refractivity (Wildman–Crippen MR) is 83.5 cm³/mol. The molecule has 6 heteroatoms. The summed E-state index contributed by atoms with van der Waals surface area (Å²) >= 11 is 0. The van der Waals surface area contributed by atoms with Crippen molar-refractivity contribution >= 4 is 11.8 Å². The molecule has 22 heavy (non-hydrogen) atoms. The largest absolute Gasteiger partial charge is 0.508 e. The maximum Gasteiger partial charge on any atom is 0.233 e. The number of phenols is 1. The molecule has 0 radical (unpaired) electrons. The lowest BCUT2D eigenvalue weighted by Crippen LogP contribution is -2.50. The summed E-state index contributed by atoms with van der Waals surface area (Å²) in [6.45, 7) is 3.12. The third kappa shape index (κ3) is 4.46. The molecule has 0 aliphatic carbocycles. The molecule has 6 nitrogen and oxygen atoms in total. The summed E-state index contributed by atoms with van der Waals surface area (Å²) in [7, 11) is 1.63. The number of nitrogens with one attached hydrogen (secondary N) is 1. The summed E-state index contributed by atoms with van der Waals surface area (Å²) in [4.78, 5) is 27.4. The Bertz CT molecular complexity index is 525. The molecular formula is C16H23N3O3. The number of nitrogens with zero attached hydrogens (tertiary/aromatic N) is 2. The molecule has 0 spiro atoms. The molecule has 1 aromatic rings. The number of hydrogen-bond acceptors (Lipinski definition) is 4. The van der Waals surface area contributed by atoms with E-state index in [1.165, 1.54) is 0 Å². The summed E-state index contributed by atoms with van der Waals surface area (Å²) in [6.07, 6.45) is 0.941. The highest BCUT2D eigenvalue weighted by Gasteiger charge is 2.22. The summed E-state index contributed by atoms with van der Waals surface area (Å²) in [5, 5.41) is 12.3. The molecular weight excluding hydrogens is 282 g/mol. The molecule has 0 bridgehead atoms. The topological polar surface area (TPSA) is 72.9 Å². The van der Waals surface area contributed by atoms with E-state index in [-0.39, 0.29) is 17.6 Å². The maximum atomic E-state index is 12.2. The number of benzene rings is 1. The fraction of sp³-hybridized carbons (Fsp3) is 0.500. The van der Waals surface area contributed by atoms with Crippen molar-refractivity contribution in [2.45, 2.75) is 12.8 Å². The molecule has 120 valence electrons. The maximum absolute atomic E-state index is 12.2. The van der Waals surface area contributed by atoms with Gasteiger partial charge in [0.15, 0.2) is 0 Å². The van der Waals surface area contributed by atoms with Gasteiger partial charge in [-0.05, 0) is 18.1 Å². The van der Waals surface area contributed by atoms with Gasteiger partial charge in [-0.2, -0.15) is 0 Å². The lowest BCUT2D eigenvalue weighted by atomic mass is 10.1. The first-order valence-electron chi connectivity index (χ1n) is 7.57. The second kappa shape index (κ2) is 7.79. The van der Waals surface area contributed by atoms with Crippen LogP contribution in [0.4, 0.5) is 0 Å². The highest BCUT2D eigenvalue weighted by Crippen LogP contribution is 2.17. The number of likely N-dealkylation sites (N-methyl/N-ethyl adjacent to an activating group) is 1. The van der Waals surface area contributed by atoms with Crippen LogP contribution in [0.25, 0.3) is 0 Å². The fourth-order valence-corrected chi connectivity index (χ4v) is 2.56. The zero-order chi connectivity index (χ0) is 15.9. The average molecular weight is 305 g/mol. The van der Waals surface area contributed by atoms with Gasteiger partial charge in [-0.15, -0.1) is 0 Å². The zero-order valence-electron chi connectivity index (χ0n) is 12.9. The van der Waals surface area contributed by atoms with Gasteiger partial charge < -0.3 is 15.3 Å². The number of phenolic OH excluding ortho intramolecular Hbond substituents is 1. The van der Waals surface area contributed by atoms with Crippen molar-refractivity contribution in [3.63, 3.8) is 0 Å². The normalized spacial score (nSPS) is 15.6. The Morgan fingerprint density at radius 2 is 1.86 bits per heavy atom. The van der Waals surface area contributed by atoms with Crippen molar-refractivity contribution in [1.82, 2.24) is 15.1 Å². The molecule has 1 aliphatic rings. The molecule has 2 N–H and O–H groups in total. The lowest BCUT2D eigenvalue weighted by molar-refractivity contribution is -0.133. The van der Waals surface area contributed by atoms with Gasteiger partial charge >= 0.3 is 0 Å². The fourth-order valence-electron chi connectivity index (χ4n) is 2.56. The number of para-hydroxylation sites is 1. The molecule has 2 rings (SSSR count). The van der Waals surface area contributed by atoms with Gasteiger partial charge in [-0.25, -0.2) is 0 Å². The number of aromatic hydroxyl groups is 1. The van der Waals surface area contributed by atoms with Crippen molar-refractivity contribution in [1.29, 1.82) is 0 Å². The number of amides is 2. The number of aryl methyl sites for hydroxylation is 1. The third-order valence-electron chi connectivity index (χ3n) is 3.97. The second-order valence-electron chi connectivity index (χ2n) is 5.46. The Kier molecular flexibility index (Phi) is 5.77. The van der Waals surface area contributed by atoms with E-state index in [4.69, 9.17) is 0 Å². The van der Waals surface area contributed by atoms with Crippen molar-refractivity contribution < 1.29 is 14.7 Å². The van der Waals surface area contributed by atoms with Crippen LogP contribution in [0.2, 0.25) is 0 Å². The first-order valence-corrected chi connectivity index (χ1v) is 7.57. The van der Waals surface area contributed by atoms with E-state index in [0.29, 0.717) is 32.5 Å². The van der Waals surface area contributed by atoms with Crippen LogP contribution in [0, 0.1) is 0 Å². The summed E-state index contributed by atoms with van der Waals surface area (Å²) in [5.41, 5.74) is 0.800. The molecule has 1 aromatic carbocycles. The zero-order valence-corrected chi connectivity index (χ0v) is 12.9. The molecule has 0 unspecified atom stereocenters. The number of carbonyl (C=O) groups excluding carboxylic acids is 2. The van der Waals surface area contributed by atoms with Crippen LogP contribution < -0.4 is 5.32 Å². The van der Waals surface area contributed by atoms with Crippen LogP contribution in [0.1, 0.15) is 12.0 Å². The van der Waals surface area contributed by atoms with E-state index < -0.39 is 0 Å². The molecule has 1 aliphatic heterocycles. The van der Waals surface area contributed by atoms with Gasteiger partial charge in [0, 0.05) is 39.6 Å². The minimum Gasteiger partial charge on any atom is -0.508 e. The van der Waals surface area contributed by atoms with Crippen LogP contribution in [-0.2, 0) is 16.0 Å². The second-order valence-corrected chi connectivity index (χ2v) is 5.46. The molecule has 1 heterocycles. The van der Waals surface area contributed by atoms with Crippen LogP contribution in [-0.4, -0.2) is 66.5 Å². The van der Waals surface area contributed by atoms with Crippen molar-refractivity contribution in [3.05, 3.63) is 29.8 Å². The minimum atomic E-state index is -0.000621. The third-order valence-corrected chi connectivity index (χ3v) is 3.97. The van der Waals surface area contributed by atoms with Crippen molar-refractivity contribution in [2.75, 3.05) is 39.8 Å². The Morgan fingerprint density at radius 1 is 1.18 bits per heavy atom. The highest BCUT2D eigenvalue weighted by atomic mass is 16.3. The van der Waals surface area contributed by atoms with Gasteiger partial charge in [-0.1, -0.05) is 18.2 Å². The smallest absolute Gasteiger partial charge is 0.233 e. The van der Waals surface area contributed by atoms with Gasteiger partial charge in [0.1, 0.15) is 5.75 Å². The van der Waals surface area contributed by atoms with E-state index in [9.17, 15) is 14.7 Å². The summed E-state index contributed by atoms with van der Waals surface area (Å²) in [6, 6.07) is 7.10. The van der Waals surface area contributed by atoms with Gasteiger partial charge in [0.2, 0.25) is 11.8 Å². The van der Waals surface area contributed by atoms with Crippen LogP contribution in [0.3, 0.4) is 0 Å². The standard InChI is InChI=1S/C16H23N3O3/c1-17-15(21)12-18-8-10-19(11-9-18)16(22)7-6-13-4-2-3-5-14(13)20/h2-5,20H,6-12H2,1H3,(H,17,21). The molecule has 0 saturated carbocycles. The quantitative estimate of drug-likeness (QED) is 0.816. The monoisotopic (exact) mass is 305 g/mol. The Morgan fingerprint density at radius 3 is 2.50 bits per heavy atom. The van der Waals surface area contributed by atoms with Gasteiger partial charge in [0.25, 0.3) is 0 Å². The highest BCUT2D eigenvalue weighted by molar-refractivity contribution is 5.78. The Labute approximate surface area is 130 Å². The van der Waals surface area contributed by atoms with E-state index >= 15 is 0 Å². The predicted octanol–water partition coefficient (Wildman–Crippen LogP) is 0.215. The molecule has 0 atom stereocenters. The molecule has 1 saturated heterocycles. The first kappa shape index (κ1) is 16.3. The Balaban J connectivity index is 1.76. The lowest BCUT2D eigenvalue weighted by Gasteiger charge is -2.34. The van der Waals surface area contributed by atoms with Crippen LogP contribution in [0.15, 0.2) is 24.3 Å². The minimum absolute atomic E-state index is 0.000621. The van der Waals surface area contributed by atoms with Gasteiger partial charge in [0.05, 0.1) is 6.54 Å². The average Bonchev–Trinajstić information content (AvgIpc) is 2.54. The van der Waals surface area contributed by atoms with E-state index in [0.717, 1.165) is 18.7 Å². The Hall–Kier alpha value is -2.08. The van der Waals surface area contributed by atoms with Crippen LogP contribution in [0.5, 0.6) is 5.75 Å². The van der Waals surface area contributed by atoms with E-state index in [2.05, 4.69) is 5.32 Å². The molecule has 0 aromatic heterocycles. The van der Waals surface area contributed by atoms with Crippen molar-refractivity contribution in [3.8, 4) is 5.75 Å². The number of rotatable bonds is 5.